The third-order valence-electron chi connectivity index (χ3n) is 3.61. The van der Waals surface area contributed by atoms with Crippen molar-refractivity contribution in [2.75, 3.05) is 0 Å². The third kappa shape index (κ3) is 2.81. The van der Waals surface area contributed by atoms with Gasteiger partial charge in [-0.2, -0.15) is 15.0 Å². The van der Waals surface area contributed by atoms with Gasteiger partial charge in [0.05, 0.1) is 23.6 Å². The zero-order chi connectivity index (χ0) is 16.4. The molecular weight excluding hydrogens is 307 g/mol. The van der Waals surface area contributed by atoms with Crippen LogP contribution in [0.2, 0.25) is 0 Å². The van der Waals surface area contributed by atoms with Gasteiger partial charge in [0.15, 0.2) is 0 Å². The Kier molecular flexibility index (Phi) is 3.63. The zero-order valence-electron chi connectivity index (χ0n) is 12.6. The van der Waals surface area contributed by atoms with E-state index in [1.807, 2.05) is 30.3 Å². The molecule has 0 amide bonds. The molecule has 4 rings (SSSR count). The second kappa shape index (κ2) is 6.08. The summed E-state index contributed by atoms with van der Waals surface area (Å²) in [6.07, 6.45) is 4.91. The molecule has 2 aromatic carbocycles. The van der Waals surface area contributed by atoms with Gasteiger partial charge < -0.3 is 4.74 Å². The third-order valence-corrected chi connectivity index (χ3v) is 3.61. The quantitative estimate of drug-likeness (QED) is 0.577. The van der Waals surface area contributed by atoms with Crippen molar-refractivity contribution in [1.29, 1.82) is 0 Å². The van der Waals surface area contributed by atoms with Crippen molar-refractivity contribution in [2.45, 2.75) is 6.61 Å². The van der Waals surface area contributed by atoms with Crippen molar-refractivity contribution in [1.82, 2.24) is 20.0 Å². The number of halogens is 1. The largest absolute Gasteiger partial charge is 0.489 e. The Bertz CT molecular complexity index is 985. The first-order chi connectivity index (χ1) is 11.8. The normalized spacial score (nSPS) is 10.9. The van der Waals surface area contributed by atoms with Gasteiger partial charge in [0.2, 0.25) is 0 Å². The number of nitrogens with zero attached hydrogens (tertiary/aromatic N) is 4. The van der Waals surface area contributed by atoms with Crippen molar-refractivity contribution in [3.05, 3.63) is 78.5 Å². The van der Waals surface area contributed by atoms with E-state index in [0.29, 0.717) is 11.3 Å². The summed E-state index contributed by atoms with van der Waals surface area (Å²) >= 11 is 0. The molecule has 4 aromatic rings. The zero-order valence-corrected chi connectivity index (χ0v) is 12.6. The molecule has 0 spiro atoms. The lowest BCUT2D eigenvalue weighted by Gasteiger charge is -2.10. The molecule has 0 aliphatic heterocycles. The van der Waals surface area contributed by atoms with Crippen molar-refractivity contribution in [3.8, 4) is 11.4 Å². The van der Waals surface area contributed by atoms with Gasteiger partial charge in [-0.15, -0.1) is 0 Å². The molecule has 0 fully saturated rings. The predicted molar refractivity (Wildman–Crippen MR) is 87.4 cm³/mol. The van der Waals surface area contributed by atoms with Crippen molar-refractivity contribution >= 4 is 10.9 Å². The molecule has 0 saturated carbocycles. The number of pyridine rings is 1. The van der Waals surface area contributed by atoms with Crippen LogP contribution in [0.25, 0.3) is 16.6 Å². The summed E-state index contributed by atoms with van der Waals surface area (Å²) in [5.74, 6) is 0.349. The van der Waals surface area contributed by atoms with Crippen molar-refractivity contribution in [2.24, 2.45) is 0 Å². The predicted octanol–water partition coefficient (Wildman–Crippen LogP) is 3.53. The maximum absolute atomic E-state index is 13.8. The summed E-state index contributed by atoms with van der Waals surface area (Å²) in [7, 11) is 0. The van der Waals surface area contributed by atoms with Gasteiger partial charge in [-0.3, -0.25) is 4.98 Å². The van der Waals surface area contributed by atoms with Crippen LogP contribution in [0, 0.1) is 5.82 Å². The SMILES string of the molecule is Fc1cc(COc2cccc(-n3nccn3)c2)c2ncccc2c1. The van der Waals surface area contributed by atoms with Gasteiger partial charge in [0.25, 0.3) is 0 Å². The molecule has 118 valence electrons. The van der Waals surface area contributed by atoms with E-state index < -0.39 is 0 Å². The summed E-state index contributed by atoms with van der Waals surface area (Å²) in [4.78, 5) is 5.83. The fourth-order valence-electron chi connectivity index (χ4n) is 2.55. The summed E-state index contributed by atoms with van der Waals surface area (Å²) in [5.41, 5.74) is 2.23. The molecule has 24 heavy (non-hydrogen) atoms. The number of hydrogen-bond acceptors (Lipinski definition) is 4. The fraction of sp³-hybridized carbons (Fsp3) is 0.0556. The molecule has 0 aliphatic rings. The van der Waals surface area contributed by atoms with Crippen LogP contribution in [0.1, 0.15) is 5.56 Å². The van der Waals surface area contributed by atoms with Crippen LogP contribution in [0.4, 0.5) is 4.39 Å². The Morgan fingerprint density at radius 2 is 1.83 bits per heavy atom. The Balaban J connectivity index is 1.61. The molecule has 0 bridgehead atoms. The van der Waals surface area contributed by atoms with Crippen LogP contribution in [0.3, 0.4) is 0 Å². The lowest BCUT2D eigenvalue weighted by atomic mass is 10.1. The molecule has 0 unspecified atom stereocenters. The van der Waals surface area contributed by atoms with Gasteiger partial charge in [-0.25, -0.2) is 4.39 Å². The molecule has 0 atom stereocenters. The molecule has 5 nitrogen and oxygen atoms in total. The van der Waals surface area contributed by atoms with Crippen LogP contribution >= 0.6 is 0 Å². The molecule has 0 radical (unpaired) electrons. The molecular formula is C18H13FN4O. The minimum Gasteiger partial charge on any atom is -0.489 e. The summed E-state index contributed by atoms with van der Waals surface area (Å²) in [6, 6.07) is 13.9. The maximum Gasteiger partial charge on any atom is 0.124 e. The fourth-order valence-corrected chi connectivity index (χ4v) is 2.55. The highest BCUT2D eigenvalue weighted by atomic mass is 19.1. The van der Waals surface area contributed by atoms with Crippen LogP contribution in [-0.2, 0) is 6.61 Å². The van der Waals surface area contributed by atoms with E-state index in [1.165, 1.54) is 16.9 Å². The maximum atomic E-state index is 13.8. The molecule has 0 saturated heterocycles. The lowest BCUT2D eigenvalue weighted by Crippen LogP contribution is -2.01. The highest BCUT2D eigenvalue weighted by Gasteiger charge is 2.07. The number of hydrogen-bond donors (Lipinski definition) is 0. The van der Waals surface area contributed by atoms with Crippen LogP contribution in [0.15, 0.2) is 67.1 Å². The van der Waals surface area contributed by atoms with Crippen LogP contribution in [-0.4, -0.2) is 20.0 Å². The molecule has 6 heteroatoms. The molecule has 0 N–H and O–H groups in total. The second-order valence-corrected chi connectivity index (χ2v) is 5.24. The minimum atomic E-state index is -0.302. The van der Waals surface area contributed by atoms with E-state index in [9.17, 15) is 4.39 Å². The monoisotopic (exact) mass is 320 g/mol. The Morgan fingerprint density at radius 1 is 0.958 bits per heavy atom. The number of benzene rings is 2. The summed E-state index contributed by atoms with van der Waals surface area (Å²) in [5, 5.41) is 8.93. The van der Waals surface area contributed by atoms with Crippen molar-refractivity contribution in [3.63, 3.8) is 0 Å². The van der Waals surface area contributed by atoms with E-state index in [4.69, 9.17) is 4.74 Å². The highest BCUT2D eigenvalue weighted by molar-refractivity contribution is 5.81. The summed E-state index contributed by atoms with van der Waals surface area (Å²) < 4.78 is 19.6. The topological polar surface area (TPSA) is 52.8 Å². The average Bonchev–Trinajstić information content (AvgIpc) is 3.14. The second-order valence-electron chi connectivity index (χ2n) is 5.24. The van der Waals surface area contributed by atoms with E-state index in [-0.39, 0.29) is 12.4 Å². The van der Waals surface area contributed by atoms with Crippen molar-refractivity contribution < 1.29 is 9.13 Å². The number of rotatable bonds is 4. The average molecular weight is 320 g/mol. The molecule has 0 aliphatic carbocycles. The lowest BCUT2D eigenvalue weighted by molar-refractivity contribution is 0.306. The molecule has 2 aromatic heterocycles. The first-order valence-electron chi connectivity index (χ1n) is 7.42. The first kappa shape index (κ1) is 14.3. The van der Waals surface area contributed by atoms with Crippen LogP contribution < -0.4 is 4.74 Å². The van der Waals surface area contributed by atoms with E-state index in [0.717, 1.165) is 16.6 Å². The van der Waals surface area contributed by atoms with Gasteiger partial charge in [0, 0.05) is 23.2 Å². The minimum absolute atomic E-state index is 0.223. The van der Waals surface area contributed by atoms with Crippen LogP contribution in [0.5, 0.6) is 5.75 Å². The molecule has 2 heterocycles. The number of aromatic nitrogens is 4. The first-order valence-corrected chi connectivity index (χ1v) is 7.42. The Labute approximate surface area is 137 Å². The van der Waals surface area contributed by atoms with Gasteiger partial charge in [-0.05, 0) is 30.3 Å². The summed E-state index contributed by atoms with van der Waals surface area (Å²) in [6.45, 7) is 0.223. The highest BCUT2D eigenvalue weighted by Crippen LogP contribution is 2.21. The number of fused-ring (bicyclic) bond motifs is 1. The number of ether oxygens (including phenoxy) is 1. The Hall–Kier alpha value is -3.28. The van der Waals surface area contributed by atoms with Gasteiger partial charge in [-0.1, -0.05) is 12.1 Å². The van der Waals surface area contributed by atoms with Gasteiger partial charge >= 0.3 is 0 Å². The smallest absolute Gasteiger partial charge is 0.124 e. The van der Waals surface area contributed by atoms with E-state index in [1.54, 1.807) is 24.7 Å². The van der Waals surface area contributed by atoms with E-state index >= 15 is 0 Å². The van der Waals surface area contributed by atoms with Gasteiger partial charge in [0.1, 0.15) is 18.2 Å². The van der Waals surface area contributed by atoms with E-state index in [2.05, 4.69) is 15.2 Å². The Morgan fingerprint density at radius 3 is 2.71 bits per heavy atom. The standard InChI is InChI=1S/C18H13FN4O/c19-15-9-13-3-2-6-20-18(13)14(10-15)12-24-17-5-1-4-16(11-17)23-21-7-8-22-23/h1-11H,12H2.